The van der Waals surface area contributed by atoms with Crippen molar-refractivity contribution in [1.82, 2.24) is 4.90 Å². The Hall–Kier alpha value is -1.42. The third-order valence-electron chi connectivity index (χ3n) is 3.08. The van der Waals surface area contributed by atoms with Gasteiger partial charge in [0.15, 0.2) is 0 Å². The second-order valence-electron chi connectivity index (χ2n) is 4.45. The normalized spacial score (nSPS) is 18.0. The first-order valence-corrected chi connectivity index (χ1v) is 5.81. The maximum Gasteiger partial charge on any atom is 0.314 e. The van der Waals surface area contributed by atoms with Gasteiger partial charge in [-0.3, -0.25) is 4.79 Å². The number of hydrogen-bond donors (Lipinski definition) is 0. The molecule has 0 aromatic heterocycles. The summed E-state index contributed by atoms with van der Waals surface area (Å²) in [6.45, 7) is 1.84. The predicted octanol–water partition coefficient (Wildman–Crippen LogP) is 2.07. The van der Waals surface area contributed by atoms with Crippen LogP contribution in [0.25, 0.3) is 0 Å². The lowest BCUT2D eigenvalue weighted by atomic mass is 9.97. The molecule has 1 heterocycles. The van der Waals surface area contributed by atoms with E-state index in [1.165, 1.54) is 24.3 Å². The number of halogens is 1. The van der Waals surface area contributed by atoms with Crippen LogP contribution in [0, 0.1) is 11.7 Å². The van der Waals surface area contributed by atoms with Crippen LogP contribution in [0.1, 0.15) is 12.8 Å². The number of nitrogens with zero attached hydrogens (tertiary/aromatic N) is 1. The molecule has 4 heteroatoms. The first-order chi connectivity index (χ1) is 8.15. The van der Waals surface area contributed by atoms with Crippen molar-refractivity contribution >= 4 is 5.97 Å². The summed E-state index contributed by atoms with van der Waals surface area (Å²) in [6.07, 6.45) is 1.66. The van der Waals surface area contributed by atoms with Crippen LogP contribution in [0.2, 0.25) is 0 Å². The first-order valence-electron chi connectivity index (χ1n) is 5.81. The van der Waals surface area contributed by atoms with E-state index in [4.69, 9.17) is 4.74 Å². The van der Waals surface area contributed by atoms with E-state index in [1.54, 1.807) is 0 Å². The molecule has 0 radical (unpaired) electrons. The molecule has 3 nitrogen and oxygen atoms in total. The van der Waals surface area contributed by atoms with Gasteiger partial charge in [0, 0.05) is 0 Å². The molecule has 0 unspecified atom stereocenters. The van der Waals surface area contributed by atoms with Crippen molar-refractivity contribution in [3.63, 3.8) is 0 Å². The van der Waals surface area contributed by atoms with Gasteiger partial charge in [-0.05, 0) is 57.2 Å². The molecule has 1 aromatic rings. The molecule has 0 aliphatic carbocycles. The van der Waals surface area contributed by atoms with Crippen molar-refractivity contribution in [2.24, 2.45) is 5.92 Å². The van der Waals surface area contributed by atoms with Crippen LogP contribution in [-0.2, 0) is 4.79 Å². The van der Waals surface area contributed by atoms with Crippen molar-refractivity contribution in [2.45, 2.75) is 12.8 Å². The van der Waals surface area contributed by atoms with E-state index >= 15 is 0 Å². The van der Waals surface area contributed by atoms with E-state index in [0.29, 0.717) is 5.75 Å². The Balaban J connectivity index is 1.90. The quantitative estimate of drug-likeness (QED) is 0.582. The summed E-state index contributed by atoms with van der Waals surface area (Å²) in [5.41, 5.74) is 0. The average molecular weight is 237 g/mol. The van der Waals surface area contributed by atoms with Crippen LogP contribution < -0.4 is 4.74 Å². The van der Waals surface area contributed by atoms with Crippen LogP contribution in [0.3, 0.4) is 0 Å². The fourth-order valence-corrected chi connectivity index (χ4v) is 1.95. The Morgan fingerprint density at radius 1 is 1.29 bits per heavy atom. The van der Waals surface area contributed by atoms with Crippen LogP contribution >= 0.6 is 0 Å². The molecule has 0 atom stereocenters. The van der Waals surface area contributed by atoms with Crippen LogP contribution in [0.5, 0.6) is 5.75 Å². The van der Waals surface area contributed by atoms with Gasteiger partial charge in [-0.2, -0.15) is 0 Å². The molecule has 1 saturated heterocycles. The summed E-state index contributed by atoms with van der Waals surface area (Å²) < 4.78 is 17.9. The molecule has 0 spiro atoms. The van der Waals surface area contributed by atoms with E-state index < -0.39 is 0 Å². The maximum atomic E-state index is 12.7. The van der Waals surface area contributed by atoms with Crippen molar-refractivity contribution < 1.29 is 13.9 Å². The number of ether oxygens (including phenoxy) is 1. The fourth-order valence-electron chi connectivity index (χ4n) is 1.95. The number of benzene rings is 1. The molecular weight excluding hydrogens is 221 g/mol. The number of rotatable bonds is 2. The Labute approximate surface area is 100 Å². The minimum absolute atomic E-state index is 0.0312. The van der Waals surface area contributed by atoms with E-state index in [-0.39, 0.29) is 17.7 Å². The van der Waals surface area contributed by atoms with Crippen molar-refractivity contribution in [2.75, 3.05) is 20.1 Å². The van der Waals surface area contributed by atoms with Gasteiger partial charge in [0.1, 0.15) is 11.6 Å². The van der Waals surface area contributed by atoms with Gasteiger partial charge in [0.25, 0.3) is 0 Å². The number of esters is 1. The Morgan fingerprint density at radius 2 is 1.88 bits per heavy atom. The van der Waals surface area contributed by atoms with Gasteiger partial charge in [-0.25, -0.2) is 4.39 Å². The predicted molar refractivity (Wildman–Crippen MR) is 62.3 cm³/mol. The lowest BCUT2D eigenvalue weighted by Crippen LogP contribution is -2.35. The zero-order chi connectivity index (χ0) is 12.3. The fraction of sp³-hybridized carbons (Fsp3) is 0.462. The van der Waals surface area contributed by atoms with Gasteiger partial charge in [0.2, 0.25) is 0 Å². The molecule has 0 amide bonds. The molecule has 0 bridgehead atoms. The number of likely N-dealkylation sites (tertiary alicyclic amines) is 1. The van der Waals surface area contributed by atoms with Crippen LogP contribution in [0.15, 0.2) is 24.3 Å². The number of piperidine rings is 1. The van der Waals surface area contributed by atoms with Gasteiger partial charge in [0.05, 0.1) is 5.92 Å². The molecule has 1 fully saturated rings. The number of hydrogen-bond acceptors (Lipinski definition) is 3. The minimum Gasteiger partial charge on any atom is -0.426 e. The molecule has 1 aromatic carbocycles. The zero-order valence-corrected chi connectivity index (χ0v) is 9.86. The van der Waals surface area contributed by atoms with Crippen LogP contribution in [0.4, 0.5) is 4.39 Å². The number of carbonyl (C=O) groups is 1. The molecule has 2 rings (SSSR count). The highest BCUT2D eigenvalue weighted by atomic mass is 19.1. The van der Waals surface area contributed by atoms with E-state index in [1.807, 2.05) is 7.05 Å². The molecule has 17 heavy (non-hydrogen) atoms. The van der Waals surface area contributed by atoms with Crippen molar-refractivity contribution in [3.8, 4) is 5.75 Å². The SMILES string of the molecule is CN1CCC(C(=O)Oc2ccc(F)cc2)CC1. The van der Waals surface area contributed by atoms with E-state index in [2.05, 4.69) is 4.90 Å². The second-order valence-corrected chi connectivity index (χ2v) is 4.45. The number of carbonyl (C=O) groups excluding carboxylic acids is 1. The molecule has 92 valence electrons. The summed E-state index contributed by atoms with van der Waals surface area (Å²) in [5.74, 6) is -0.152. The summed E-state index contributed by atoms with van der Waals surface area (Å²) >= 11 is 0. The maximum absolute atomic E-state index is 12.7. The highest BCUT2D eigenvalue weighted by Crippen LogP contribution is 2.20. The van der Waals surface area contributed by atoms with Crippen molar-refractivity contribution in [3.05, 3.63) is 30.1 Å². The minimum atomic E-state index is -0.330. The summed E-state index contributed by atoms with van der Waals surface area (Å²) in [7, 11) is 2.04. The summed E-state index contributed by atoms with van der Waals surface area (Å²) in [4.78, 5) is 14.0. The standard InChI is InChI=1S/C13H16FNO2/c1-15-8-6-10(7-9-15)13(16)17-12-4-2-11(14)3-5-12/h2-5,10H,6-9H2,1H3. The molecule has 1 aliphatic rings. The summed E-state index contributed by atoms with van der Waals surface area (Å²) in [5, 5.41) is 0. The Kier molecular flexibility index (Phi) is 3.74. The third kappa shape index (κ3) is 3.27. The first kappa shape index (κ1) is 12.0. The van der Waals surface area contributed by atoms with Gasteiger partial charge in [-0.15, -0.1) is 0 Å². The lowest BCUT2D eigenvalue weighted by molar-refractivity contribution is -0.140. The van der Waals surface area contributed by atoms with Gasteiger partial charge in [-0.1, -0.05) is 0 Å². The zero-order valence-electron chi connectivity index (χ0n) is 9.86. The monoisotopic (exact) mass is 237 g/mol. The second kappa shape index (κ2) is 5.27. The van der Waals surface area contributed by atoms with Gasteiger partial charge < -0.3 is 9.64 Å². The summed E-state index contributed by atoms with van der Waals surface area (Å²) in [6, 6.07) is 5.53. The topological polar surface area (TPSA) is 29.5 Å². The Morgan fingerprint density at radius 3 is 2.47 bits per heavy atom. The Bertz CT molecular complexity index is 383. The third-order valence-corrected chi connectivity index (χ3v) is 3.08. The average Bonchev–Trinajstić information content (AvgIpc) is 2.33. The molecule has 1 aliphatic heterocycles. The largest absolute Gasteiger partial charge is 0.426 e. The highest BCUT2D eigenvalue weighted by Gasteiger charge is 2.24. The van der Waals surface area contributed by atoms with E-state index in [9.17, 15) is 9.18 Å². The molecular formula is C13H16FNO2. The van der Waals surface area contributed by atoms with Gasteiger partial charge >= 0.3 is 5.97 Å². The molecule has 0 saturated carbocycles. The van der Waals surface area contributed by atoms with E-state index in [0.717, 1.165) is 25.9 Å². The van der Waals surface area contributed by atoms with Crippen molar-refractivity contribution in [1.29, 1.82) is 0 Å². The lowest BCUT2D eigenvalue weighted by Gasteiger charge is -2.27. The smallest absolute Gasteiger partial charge is 0.314 e. The highest BCUT2D eigenvalue weighted by molar-refractivity contribution is 5.75. The van der Waals surface area contributed by atoms with Crippen LogP contribution in [-0.4, -0.2) is 31.0 Å². The molecule has 0 N–H and O–H groups in total.